The molecule has 1 unspecified atom stereocenters. The van der Waals surface area contributed by atoms with Gasteiger partial charge >= 0.3 is 5.97 Å². The largest absolute Gasteiger partial charge is 0.426 e. The first-order valence-electron chi connectivity index (χ1n) is 6.33. The fourth-order valence-corrected chi connectivity index (χ4v) is 1.55. The highest BCUT2D eigenvalue weighted by molar-refractivity contribution is 5.74. The second-order valence-electron chi connectivity index (χ2n) is 4.97. The van der Waals surface area contributed by atoms with E-state index < -0.39 is 0 Å². The van der Waals surface area contributed by atoms with E-state index in [4.69, 9.17) is 4.74 Å². The first-order valence-corrected chi connectivity index (χ1v) is 6.33. The van der Waals surface area contributed by atoms with E-state index in [-0.39, 0.29) is 11.9 Å². The minimum absolute atomic E-state index is 0.0367. The van der Waals surface area contributed by atoms with E-state index in [9.17, 15) is 4.79 Å². The van der Waals surface area contributed by atoms with Gasteiger partial charge in [0.2, 0.25) is 0 Å². The molecule has 2 heteroatoms. The van der Waals surface area contributed by atoms with Crippen molar-refractivity contribution in [2.75, 3.05) is 0 Å². The van der Waals surface area contributed by atoms with Crippen molar-refractivity contribution in [2.24, 2.45) is 11.8 Å². The maximum Gasteiger partial charge on any atom is 0.314 e. The van der Waals surface area contributed by atoms with Crippen LogP contribution in [-0.2, 0) is 11.2 Å². The maximum atomic E-state index is 11.6. The molecular weight excluding hydrogens is 212 g/mol. The van der Waals surface area contributed by atoms with Gasteiger partial charge in [-0.2, -0.15) is 0 Å². The summed E-state index contributed by atoms with van der Waals surface area (Å²) in [6.07, 6.45) is 1.86. The summed E-state index contributed by atoms with van der Waals surface area (Å²) in [6.45, 7) is 8.25. The molecule has 0 fully saturated rings. The molecule has 0 bridgehead atoms. The summed E-state index contributed by atoms with van der Waals surface area (Å²) < 4.78 is 5.29. The van der Waals surface area contributed by atoms with Gasteiger partial charge in [0.15, 0.2) is 0 Å². The number of hydrogen-bond donors (Lipinski definition) is 0. The van der Waals surface area contributed by atoms with Crippen LogP contribution < -0.4 is 4.74 Å². The van der Waals surface area contributed by atoms with Crippen molar-refractivity contribution in [3.8, 4) is 5.75 Å². The van der Waals surface area contributed by atoms with E-state index in [1.54, 1.807) is 0 Å². The minimum atomic E-state index is -0.149. The summed E-state index contributed by atoms with van der Waals surface area (Å²) in [5.74, 6) is 1.10. The van der Waals surface area contributed by atoms with Crippen LogP contribution in [0, 0.1) is 11.8 Å². The molecule has 2 nitrogen and oxygen atoms in total. The Morgan fingerprint density at radius 2 is 1.76 bits per heavy atom. The highest BCUT2D eigenvalue weighted by Gasteiger charge is 2.12. The lowest BCUT2D eigenvalue weighted by atomic mass is 10.0. The minimum Gasteiger partial charge on any atom is -0.426 e. The summed E-state index contributed by atoms with van der Waals surface area (Å²) in [5.41, 5.74) is 1.28. The van der Waals surface area contributed by atoms with E-state index in [0.717, 1.165) is 12.8 Å². The molecule has 0 spiro atoms. The monoisotopic (exact) mass is 234 g/mol. The van der Waals surface area contributed by atoms with Crippen LogP contribution >= 0.6 is 0 Å². The van der Waals surface area contributed by atoms with Crippen LogP contribution in [0.1, 0.15) is 39.7 Å². The van der Waals surface area contributed by atoms with Crippen LogP contribution in [0.2, 0.25) is 0 Å². The Morgan fingerprint density at radius 3 is 2.24 bits per heavy atom. The summed E-state index contributed by atoms with van der Waals surface area (Å²) in [5, 5.41) is 0. The Kier molecular flexibility index (Phi) is 5.20. The summed E-state index contributed by atoms with van der Waals surface area (Å²) in [7, 11) is 0. The first-order chi connectivity index (χ1) is 8.02. The molecule has 0 N–H and O–H groups in total. The predicted octanol–water partition coefficient (Wildman–Crippen LogP) is 3.84. The van der Waals surface area contributed by atoms with Crippen molar-refractivity contribution in [3.05, 3.63) is 29.8 Å². The maximum absolute atomic E-state index is 11.6. The third-order valence-corrected chi connectivity index (χ3v) is 2.80. The standard InChI is InChI=1S/C15H22O2/c1-5-12(4)15(16)17-14-8-6-13(7-9-14)10-11(2)3/h6-9,11-12H,5,10H2,1-4H3. The molecular formula is C15H22O2. The number of hydrogen-bond acceptors (Lipinski definition) is 2. The lowest BCUT2D eigenvalue weighted by Gasteiger charge is -2.10. The second kappa shape index (κ2) is 6.43. The SMILES string of the molecule is CCC(C)C(=O)Oc1ccc(CC(C)C)cc1. The molecule has 0 aromatic heterocycles. The van der Waals surface area contributed by atoms with Crippen molar-refractivity contribution in [1.82, 2.24) is 0 Å². The third kappa shape index (κ3) is 4.59. The fourth-order valence-electron chi connectivity index (χ4n) is 1.55. The lowest BCUT2D eigenvalue weighted by Crippen LogP contribution is -2.16. The van der Waals surface area contributed by atoms with E-state index in [1.165, 1.54) is 5.56 Å². The van der Waals surface area contributed by atoms with Crippen LogP contribution in [0.3, 0.4) is 0 Å². The van der Waals surface area contributed by atoms with E-state index in [1.807, 2.05) is 38.1 Å². The highest BCUT2D eigenvalue weighted by Crippen LogP contribution is 2.16. The van der Waals surface area contributed by atoms with Gasteiger partial charge in [0.1, 0.15) is 5.75 Å². The summed E-state index contributed by atoms with van der Waals surface area (Å²) in [6, 6.07) is 7.80. The van der Waals surface area contributed by atoms with Gasteiger partial charge in [-0.05, 0) is 36.5 Å². The molecule has 0 saturated carbocycles. The summed E-state index contributed by atoms with van der Waals surface area (Å²) >= 11 is 0. The smallest absolute Gasteiger partial charge is 0.314 e. The number of rotatable bonds is 5. The van der Waals surface area contributed by atoms with Crippen LogP contribution in [0.15, 0.2) is 24.3 Å². The summed E-state index contributed by atoms with van der Waals surface area (Å²) in [4.78, 5) is 11.6. The number of carbonyl (C=O) groups excluding carboxylic acids is 1. The molecule has 0 aliphatic rings. The molecule has 0 amide bonds. The van der Waals surface area contributed by atoms with E-state index >= 15 is 0 Å². The zero-order valence-corrected chi connectivity index (χ0v) is 11.2. The van der Waals surface area contributed by atoms with Crippen molar-refractivity contribution in [2.45, 2.75) is 40.5 Å². The topological polar surface area (TPSA) is 26.3 Å². The second-order valence-corrected chi connectivity index (χ2v) is 4.97. The van der Waals surface area contributed by atoms with E-state index in [0.29, 0.717) is 11.7 Å². The molecule has 0 aliphatic carbocycles. The van der Waals surface area contributed by atoms with Gasteiger partial charge in [-0.3, -0.25) is 4.79 Å². The van der Waals surface area contributed by atoms with Gasteiger partial charge in [0, 0.05) is 0 Å². The van der Waals surface area contributed by atoms with Crippen molar-refractivity contribution < 1.29 is 9.53 Å². The fraction of sp³-hybridized carbons (Fsp3) is 0.533. The molecule has 1 rings (SSSR count). The number of ether oxygens (including phenoxy) is 1. The van der Waals surface area contributed by atoms with E-state index in [2.05, 4.69) is 13.8 Å². The molecule has 0 heterocycles. The van der Waals surface area contributed by atoms with Crippen LogP contribution in [0.5, 0.6) is 5.75 Å². The van der Waals surface area contributed by atoms with Gasteiger partial charge in [-0.1, -0.05) is 39.8 Å². The Bertz CT molecular complexity index is 352. The molecule has 1 atom stereocenters. The van der Waals surface area contributed by atoms with Crippen LogP contribution in [0.4, 0.5) is 0 Å². The van der Waals surface area contributed by atoms with Gasteiger partial charge in [0.25, 0.3) is 0 Å². The van der Waals surface area contributed by atoms with Crippen molar-refractivity contribution >= 4 is 5.97 Å². The van der Waals surface area contributed by atoms with Gasteiger partial charge in [-0.15, -0.1) is 0 Å². The predicted molar refractivity (Wildman–Crippen MR) is 70.1 cm³/mol. The molecule has 94 valence electrons. The van der Waals surface area contributed by atoms with Crippen LogP contribution in [-0.4, -0.2) is 5.97 Å². The highest BCUT2D eigenvalue weighted by atomic mass is 16.5. The van der Waals surface area contributed by atoms with Gasteiger partial charge in [0.05, 0.1) is 5.92 Å². The Morgan fingerprint density at radius 1 is 1.18 bits per heavy atom. The molecule has 0 radical (unpaired) electrons. The van der Waals surface area contributed by atoms with Crippen molar-refractivity contribution in [1.29, 1.82) is 0 Å². The third-order valence-electron chi connectivity index (χ3n) is 2.80. The number of esters is 1. The Balaban J connectivity index is 2.59. The molecule has 1 aromatic rings. The zero-order chi connectivity index (χ0) is 12.8. The normalized spacial score (nSPS) is 12.5. The van der Waals surface area contributed by atoms with Crippen molar-refractivity contribution in [3.63, 3.8) is 0 Å². The first kappa shape index (κ1) is 13.8. The molecule has 0 saturated heterocycles. The quantitative estimate of drug-likeness (QED) is 0.571. The molecule has 0 aliphatic heterocycles. The van der Waals surface area contributed by atoms with Crippen LogP contribution in [0.25, 0.3) is 0 Å². The zero-order valence-electron chi connectivity index (χ0n) is 11.2. The lowest BCUT2D eigenvalue weighted by molar-refractivity contribution is -0.138. The molecule has 1 aromatic carbocycles. The molecule has 17 heavy (non-hydrogen) atoms. The number of benzene rings is 1. The average Bonchev–Trinajstić information content (AvgIpc) is 2.30. The average molecular weight is 234 g/mol. The number of carbonyl (C=O) groups is 1. The van der Waals surface area contributed by atoms with Gasteiger partial charge < -0.3 is 4.74 Å². The Labute approximate surface area is 104 Å². The van der Waals surface area contributed by atoms with Gasteiger partial charge in [-0.25, -0.2) is 0 Å². The Hall–Kier alpha value is -1.31.